The van der Waals surface area contributed by atoms with Crippen molar-refractivity contribution in [2.75, 3.05) is 14.2 Å². The molecule has 0 spiro atoms. The van der Waals surface area contributed by atoms with Crippen LogP contribution in [0.25, 0.3) is 11.4 Å². The number of aromatic nitrogens is 3. The first-order valence-electron chi connectivity index (χ1n) is 7.94. The summed E-state index contributed by atoms with van der Waals surface area (Å²) in [5.41, 5.74) is 4.58. The van der Waals surface area contributed by atoms with Crippen molar-refractivity contribution in [2.24, 2.45) is 0 Å². The van der Waals surface area contributed by atoms with Gasteiger partial charge in [-0.3, -0.25) is 5.10 Å². The van der Waals surface area contributed by atoms with Gasteiger partial charge in [-0.15, -0.1) is 5.10 Å². The zero-order valence-corrected chi connectivity index (χ0v) is 15.6. The summed E-state index contributed by atoms with van der Waals surface area (Å²) in [6.07, 6.45) is 0. The van der Waals surface area contributed by atoms with Gasteiger partial charge < -0.3 is 9.47 Å². The lowest BCUT2D eigenvalue weighted by molar-refractivity contribution is 0.354. The lowest BCUT2D eigenvalue weighted by Gasteiger charge is -2.12. The number of H-pyrrole nitrogens is 1. The number of hydrogen-bond acceptors (Lipinski definition) is 5. The molecule has 0 atom stereocenters. The summed E-state index contributed by atoms with van der Waals surface area (Å²) in [7, 11) is 3.29. The van der Waals surface area contributed by atoms with Crippen LogP contribution in [0.1, 0.15) is 16.7 Å². The van der Waals surface area contributed by atoms with E-state index in [0.717, 1.165) is 39.4 Å². The second-order valence-corrected chi connectivity index (χ2v) is 6.70. The van der Waals surface area contributed by atoms with Crippen molar-refractivity contribution in [3.63, 3.8) is 0 Å². The Labute approximate surface area is 151 Å². The molecule has 0 unspecified atom stereocenters. The predicted molar refractivity (Wildman–Crippen MR) is 100 cm³/mol. The first-order valence-corrected chi connectivity index (χ1v) is 8.93. The quantitative estimate of drug-likeness (QED) is 0.664. The number of thioether (sulfide) groups is 1. The smallest absolute Gasteiger partial charge is 0.209 e. The number of aryl methyl sites for hydroxylation is 2. The molecule has 1 heterocycles. The van der Waals surface area contributed by atoms with E-state index in [1.165, 1.54) is 11.1 Å². The van der Waals surface area contributed by atoms with Gasteiger partial charge in [0.15, 0.2) is 17.3 Å². The van der Waals surface area contributed by atoms with Gasteiger partial charge in [0.25, 0.3) is 0 Å². The average molecular weight is 355 g/mol. The van der Waals surface area contributed by atoms with Crippen molar-refractivity contribution < 1.29 is 9.47 Å². The fraction of sp³-hybridized carbons (Fsp3) is 0.263. The highest BCUT2D eigenvalue weighted by molar-refractivity contribution is 7.98. The van der Waals surface area contributed by atoms with E-state index in [-0.39, 0.29) is 0 Å². The summed E-state index contributed by atoms with van der Waals surface area (Å²) in [4.78, 5) is 4.57. The summed E-state index contributed by atoms with van der Waals surface area (Å²) >= 11 is 1.59. The Kier molecular flexibility index (Phi) is 5.28. The lowest BCUT2D eigenvalue weighted by atomic mass is 10.1. The average Bonchev–Trinajstić information content (AvgIpc) is 3.10. The highest BCUT2D eigenvalue weighted by Gasteiger charge is 2.11. The molecule has 0 saturated carbocycles. The summed E-state index contributed by atoms with van der Waals surface area (Å²) in [6, 6.07) is 12.2. The van der Waals surface area contributed by atoms with Crippen molar-refractivity contribution in [1.82, 2.24) is 15.2 Å². The van der Waals surface area contributed by atoms with Crippen molar-refractivity contribution in [1.29, 1.82) is 0 Å². The van der Waals surface area contributed by atoms with Crippen LogP contribution in [-0.4, -0.2) is 29.4 Å². The fourth-order valence-electron chi connectivity index (χ4n) is 2.47. The fourth-order valence-corrected chi connectivity index (χ4v) is 3.33. The van der Waals surface area contributed by atoms with Gasteiger partial charge >= 0.3 is 0 Å². The highest BCUT2D eigenvalue weighted by atomic mass is 32.2. The molecule has 3 aromatic rings. The number of nitrogens with zero attached hydrogens (tertiary/aromatic N) is 2. The molecule has 3 rings (SSSR count). The maximum Gasteiger partial charge on any atom is 0.209 e. The molecule has 0 fully saturated rings. The first-order chi connectivity index (χ1) is 12.1. The van der Waals surface area contributed by atoms with E-state index in [9.17, 15) is 0 Å². The van der Waals surface area contributed by atoms with E-state index in [2.05, 4.69) is 41.2 Å². The third-order valence-corrected chi connectivity index (χ3v) is 4.88. The standard InChI is InChI=1S/C19H21N3O2S/c1-12-5-7-14(8-6-12)18-20-19(22-21-18)25-11-15-10-17(24-4)16(23-3)9-13(15)2/h5-10H,11H2,1-4H3,(H,20,21,22). The van der Waals surface area contributed by atoms with Gasteiger partial charge in [-0.2, -0.15) is 0 Å². The van der Waals surface area contributed by atoms with E-state index in [0.29, 0.717) is 0 Å². The maximum absolute atomic E-state index is 5.38. The Morgan fingerprint density at radius 2 is 1.68 bits per heavy atom. The molecule has 6 heteroatoms. The summed E-state index contributed by atoms with van der Waals surface area (Å²) in [6.45, 7) is 4.13. The molecule has 0 bridgehead atoms. The number of hydrogen-bond donors (Lipinski definition) is 1. The number of benzene rings is 2. The largest absolute Gasteiger partial charge is 0.493 e. The third-order valence-electron chi connectivity index (χ3n) is 3.99. The topological polar surface area (TPSA) is 60.0 Å². The van der Waals surface area contributed by atoms with E-state index in [1.54, 1.807) is 26.0 Å². The molecule has 0 saturated heterocycles. The Morgan fingerprint density at radius 1 is 1.00 bits per heavy atom. The van der Waals surface area contributed by atoms with Crippen LogP contribution in [0, 0.1) is 13.8 Å². The van der Waals surface area contributed by atoms with Gasteiger partial charge in [0.1, 0.15) is 0 Å². The molecule has 1 N–H and O–H groups in total. The van der Waals surface area contributed by atoms with Crippen LogP contribution in [0.4, 0.5) is 0 Å². The Hall–Kier alpha value is -2.47. The zero-order valence-electron chi connectivity index (χ0n) is 14.8. The number of nitrogens with one attached hydrogen (secondary N) is 1. The highest BCUT2D eigenvalue weighted by Crippen LogP contribution is 2.33. The maximum atomic E-state index is 5.38. The second kappa shape index (κ2) is 7.61. The van der Waals surface area contributed by atoms with Crippen molar-refractivity contribution >= 4 is 11.8 Å². The van der Waals surface area contributed by atoms with Gasteiger partial charge in [0.05, 0.1) is 14.2 Å². The molecule has 0 radical (unpaired) electrons. The van der Waals surface area contributed by atoms with Crippen molar-refractivity contribution in [3.8, 4) is 22.9 Å². The lowest BCUT2D eigenvalue weighted by Crippen LogP contribution is -1.95. The van der Waals surface area contributed by atoms with Gasteiger partial charge in [-0.25, -0.2) is 4.98 Å². The second-order valence-electron chi connectivity index (χ2n) is 5.75. The number of rotatable bonds is 6. The minimum absolute atomic E-state index is 0.727. The monoisotopic (exact) mass is 355 g/mol. The Morgan fingerprint density at radius 3 is 2.36 bits per heavy atom. The third kappa shape index (κ3) is 3.96. The van der Waals surface area contributed by atoms with Crippen molar-refractivity contribution in [3.05, 3.63) is 53.1 Å². The van der Waals surface area contributed by atoms with E-state index in [4.69, 9.17) is 9.47 Å². The SMILES string of the molecule is COc1cc(C)c(CSc2n[nH]c(-c3ccc(C)cc3)n2)cc1OC. The van der Waals surface area contributed by atoms with Crippen LogP contribution >= 0.6 is 11.8 Å². The Bertz CT molecular complexity index is 860. The predicted octanol–water partition coefficient (Wildman–Crippen LogP) is 4.40. The normalized spacial score (nSPS) is 10.7. The molecule has 2 aromatic carbocycles. The Balaban J connectivity index is 1.73. The van der Waals surface area contributed by atoms with Crippen LogP contribution in [-0.2, 0) is 5.75 Å². The van der Waals surface area contributed by atoms with Gasteiger partial charge in [-0.1, -0.05) is 41.6 Å². The molecule has 0 aliphatic carbocycles. The van der Waals surface area contributed by atoms with Crippen LogP contribution in [0.2, 0.25) is 0 Å². The van der Waals surface area contributed by atoms with Gasteiger partial charge in [0.2, 0.25) is 5.16 Å². The number of ether oxygens (including phenoxy) is 2. The summed E-state index contributed by atoms with van der Waals surface area (Å²) in [5, 5.41) is 8.04. The summed E-state index contributed by atoms with van der Waals surface area (Å²) < 4.78 is 10.7. The van der Waals surface area contributed by atoms with Gasteiger partial charge in [0, 0.05) is 11.3 Å². The number of aromatic amines is 1. The van der Waals surface area contributed by atoms with Crippen LogP contribution in [0.15, 0.2) is 41.6 Å². The molecule has 0 aliphatic heterocycles. The zero-order chi connectivity index (χ0) is 17.8. The minimum atomic E-state index is 0.727. The minimum Gasteiger partial charge on any atom is -0.493 e. The molecule has 0 amide bonds. The number of methoxy groups -OCH3 is 2. The van der Waals surface area contributed by atoms with E-state index in [1.807, 2.05) is 24.3 Å². The van der Waals surface area contributed by atoms with Crippen LogP contribution < -0.4 is 9.47 Å². The molecule has 5 nitrogen and oxygen atoms in total. The molecule has 0 aliphatic rings. The first kappa shape index (κ1) is 17.4. The van der Waals surface area contributed by atoms with E-state index >= 15 is 0 Å². The molecular weight excluding hydrogens is 334 g/mol. The molecule has 25 heavy (non-hydrogen) atoms. The van der Waals surface area contributed by atoms with E-state index < -0.39 is 0 Å². The molecule has 1 aromatic heterocycles. The summed E-state index contributed by atoms with van der Waals surface area (Å²) in [5.74, 6) is 3.02. The van der Waals surface area contributed by atoms with Crippen LogP contribution in [0.5, 0.6) is 11.5 Å². The van der Waals surface area contributed by atoms with Crippen molar-refractivity contribution in [2.45, 2.75) is 24.8 Å². The van der Waals surface area contributed by atoms with Gasteiger partial charge in [-0.05, 0) is 37.1 Å². The molecular formula is C19H21N3O2S. The molecule has 130 valence electrons. The van der Waals surface area contributed by atoms with Crippen LogP contribution in [0.3, 0.4) is 0 Å².